The van der Waals surface area contributed by atoms with Gasteiger partial charge in [0.05, 0.1) is 40.0 Å². The van der Waals surface area contributed by atoms with Gasteiger partial charge in [0.2, 0.25) is 0 Å². The summed E-state index contributed by atoms with van der Waals surface area (Å²) in [6, 6.07) is 22.4. The standard InChI is InChI=1S/C31H18N4O7/c32-15-17-3-1-5-21(11-17)34-28(37)20-8-10-23(30(39)40)25(14-20)27(36)19-7-9-24(31(41)42)26(13-19)29(38)35-22-6-2-4-18(12-22)16-33/h1-14H,(H,34,37)(H,35,38)(H,39,40)(H,41,42). The van der Waals surface area contributed by atoms with E-state index in [1.165, 1.54) is 36.4 Å². The number of rotatable bonds is 8. The number of nitriles is 2. The van der Waals surface area contributed by atoms with Crippen LogP contribution in [0.2, 0.25) is 0 Å². The van der Waals surface area contributed by atoms with Crippen molar-refractivity contribution >= 4 is 40.9 Å². The van der Waals surface area contributed by atoms with Crippen molar-refractivity contribution in [3.63, 3.8) is 0 Å². The Morgan fingerprint density at radius 2 is 1.02 bits per heavy atom. The van der Waals surface area contributed by atoms with Crippen molar-refractivity contribution in [1.29, 1.82) is 10.5 Å². The van der Waals surface area contributed by atoms with Crippen molar-refractivity contribution in [3.8, 4) is 12.1 Å². The highest BCUT2D eigenvalue weighted by atomic mass is 16.4. The Morgan fingerprint density at radius 3 is 1.55 bits per heavy atom. The summed E-state index contributed by atoms with van der Waals surface area (Å²) in [5.74, 6) is -5.36. The summed E-state index contributed by atoms with van der Waals surface area (Å²) in [7, 11) is 0. The SMILES string of the molecule is N#Cc1cccc(NC(=O)c2ccc(C(=O)O)c(C(=O)c3ccc(C(=O)O)c(C(=O)Nc4cccc(C#N)c4)c3)c2)c1. The number of carbonyl (C=O) groups is 5. The Bertz CT molecular complexity index is 1880. The van der Waals surface area contributed by atoms with Crippen LogP contribution in [-0.2, 0) is 0 Å². The van der Waals surface area contributed by atoms with Crippen LogP contribution >= 0.6 is 0 Å². The fraction of sp³-hybridized carbons (Fsp3) is 0. The highest BCUT2D eigenvalue weighted by Crippen LogP contribution is 2.22. The minimum absolute atomic E-state index is 0.0665. The van der Waals surface area contributed by atoms with Crippen LogP contribution in [0.25, 0.3) is 0 Å². The first kappa shape index (κ1) is 28.4. The lowest BCUT2D eigenvalue weighted by Gasteiger charge is -2.12. The maximum atomic E-state index is 13.5. The molecule has 0 spiro atoms. The molecule has 0 bridgehead atoms. The molecule has 4 N–H and O–H groups in total. The number of nitrogens with one attached hydrogen (secondary N) is 2. The number of nitrogens with zero attached hydrogens (tertiary/aromatic N) is 2. The van der Waals surface area contributed by atoms with Gasteiger partial charge in [0.15, 0.2) is 5.78 Å². The number of amides is 2. The first-order valence-electron chi connectivity index (χ1n) is 12.0. The Hall–Kier alpha value is -6.59. The van der Waals surface area contributed by atoms with Gasteiger partial charge in [-0.15, -0.1) is 0 Å². The number of hydrogen-bond acceptors (Lipinski definition) is 7. The van der Waals surface area contributed by atoms with Crippen LogP contribution < -0.4 is 10.6 Å². The fourth-order valence-electron chi connectivity index (χ4n) is 4.01. The van der Waals surface area contributed by atoms with E-state index < -0.39 is 40.7 Å². The smallest absolute Gasteiger partial charge is 0.336 e. The third-order valence-corrected chi connectivity index (χ3v) is 6.01. The molecule has 4 rings (SSSR count). The molecule has 11 heteroatoms. The summed E-state index contributed by atoms with van der Waals surface area (Å²) < 4.78 is 0. The molecule has 0 aliphatic heterocycles. The maximum Gasteiger partial charge on any atom is 0.336 e. The zero-order valence-corrected chi connectivity index (χ0v) is 21.4. The molecule has 42 heavy (non-hydrogen) atoms. The molecule has 2 amide bonds. The highest BCUT2D eigenvalue weighted by Gasteiger charge is 2.24. The third-order valence-electron chi connectivity index (χ3n) is 6.01. The van der Waals surface area contributed by atoms with E-state index in [2.05, 4.69) is 10.6 Å². The first-order chi connectivity index (χ1) is 20.1. The van der Waals surface area contributed by atoms with Gasteiger partial charge in [0, 0.05) is 28.1 Å². The Morgan fingerprint density at radius 1 is 0.548 bits per heavy atom. The number of ketones is 1. The second-order valence-electron chi connectivity index (χ2n) is 8.75. The van der Waals surface area contributed by atoms with Crippen LogP contribution in [0.1, 0.15) is 68.5 Å². The minimum Gasteiger partial charge on any atom is -0.478 e. The van der Waals surface area contributed by atoms with E-state index in [0.29, 0.717) is 11.3 Å². The molecule has 0 heterocycles. The van der Waals surface area contributed by atoms with Crippen LogP contribution in [0.4, 0.5) is 11.4 Å². The second-order valence-corrected chi connectivity index (χ2v) is 8.75. The van der Waals surface area contributed by atoms with Gasteiger partial charge in [-0.1, -0.05) is 18.2 Å². The normalized spacial score (nSPS) is 10.0. The number of benzene rings is 4. The van der Waals surface area contributed by atoms with Gasteiger partial charge < -0.3 is 20.8 Å². The van der Waals surface area contributed by atoms with Crippen molar-refractivity contribution in [2.45, 2.75) is 0 Å². The van der Waals surface area contributed by atoms with Crippen LogP contribution in [0.5, 0.6) is 0 Å². The van der Waals surface area contributed by atoms with Gasteiger partial charge in [-0.25, -0.2) is 9.59 Å². The lowest BCUT2D eigenvalue weighted by molar-refractivity contribution is 0.0684. The molecule has 0 radical (unpaired) electrons. The molecule has 4 aromatic rings. The summed E-state index contributed by atoms with van der Waals surface area (Å²) in [5.41, 5.74) is -0.840. The average Bonchev–Trinajstić information content (AvgIpc) is 3.00. The van der Waals surface area contributed by atoms with Gasteiger partial charge in [-0.2, -0.15) is 10.5 Å². The first-order valence-corrected chi connectivity index (χ1v) is 12.0. The molecule has 11 nitrogen and oxygen atoms in total. The molecule has 204 valence electrons. The van der Waals surface area contributed by atoms with Crippen LogP contribution in [-0.4, -0.2) is 39.7 Å². The predicted molar refractivity (Wildman–Crippen MR) is 148 cm³/mol. The Labute approximate surface area is 237 Å². The van der Waals surface area contributed by atoms with E-state index in [1.807, 2.05) is 12.1 Å². The number of carboxylic acid groups (broad SMARTS) is 2. The number of hydrogen-bond donors (Lipinski definition) is 4. The van der Waals surface area contributed by atoms with E-state index in [1.54, 1.807) is 18.2 Å². The van der Waals surface area contributed by atoms with Crippen LogP contribution in [0.15, 0.2) is 84.9 Å². The summed E-state index contributed by atoms with van der Waals surface area (Å²) >= 11 is 0. The van der Waals surface area contributed by atoms with E-state index in [9.17, 15) is 34.2 Å². The number of carboxylic acids is 2. The molecule has 0 aromatic heterocycles. The van der Waals surface area contributed by atoms with Crippen molar-refractivity contribution in [2.24, 2.45) is 0 Å². The molecule has 0 fully saturated rings. The molecular weight excluding hydrogens is 540 g/mol. The molecular formula is C31H18N4O7. The summed E-state index contributed by atoms with van der Waals surface area (Å²) in [6.07, 6.45) is 0. The van der Waals surface area contributed by atoms with E-state index >= 15 is 0 Å². The topological polar surface area (TPSA) is 197 Å². The molecule has 0 aliphatic rings. The van der Waals surface area contributed by atoms with Gasteiger partial charge in [-0.05, 0) is 66.7 Å². The molecule has 4 aromatic carbocycles. The van der Waals surface area contributed by atoms with Gasteiger partial charge in [-0.3, -0.25) is 14.4 Å². The largest absolute Gasteiger partial charge is 0.478 e. The second kappa shape index (κ2) is 12.1. The monoisotopic (exact) mass is 558 g/mol. The van der Waals surface area contributed by atoms with Gasteiger partial charge >= 0.3 is 11.9 Å². The van der Waals surface area contributed by atoms with Crippen LogP contribution in [0.3, 0.4) is 0 Å². The van der Waals surface area contributed by atoms with Gasteiger partial charge in [0.25, 0.3) is 11.8 Å². The number of carbonyl (C=O) groups excluding carboxylic acids is 3. The molecule has 0 atom stereocenters. The predicted octanol–water partition coefficient (Wildman–Crippen LogP) is 4.56. The van der Waals surface area contributed by atoms with Crippen molar-refractivity contribution < 1.29 is 34.2 Å². The van der Waals surface area contributed by atoms with Crippen molar-refractivity contribution in [3.05, 3.63) is 129 Å². The fourth-order valence-corrected chi connectivity index (χ4v) is 4.01. The summed E-state index contributed by atoms with van der Waals surface area (Å²) in [6.45, 7) is 0. The van der Waals surface area contributed by atoms with E-state index in [4.69, 9.17) is 10.5 Å². The average molecular weight is 559 g/mol. The lowest BCUT2D eigenvalue weighted by Crippen LogP contribution is -2.19. The zero-order valence-electron chi connectivity index (χ0n) is 21.4. The number of anilines is 2. The van der Waals surface area contributed by atoms with Gasteiger partial charge in [0.1, 0.15) is 0 Å². The number of aromatic carboxylic acids is 2. The molecule has 0 unspecified atom stereocenters. The Balaban J connectivity index is 1.71. The van der Waals surface area contributed by atoms with Crippen LogP contribution in [0, 0.1) is 22.7 Å². The van der Waals surface area contributed by atoms with Crippen molar-refractivity contribution in [2.75, 3.05) is 10.6 Å². The highest BCUT2D eigenvalue weighted by molar-refractivity contribution is 6.18. The Kier molecular flexibility index (Phi) is 8.17. The zero-order chi connectivity index (χ0) is 30.4. The van der Waals surface area contributed by atoms with E-state index in [0.717, 1.165) is 30.3 Å². The third kappa shape index (κ3) is 6.17. The molecule has 0 aliphatic carbocycles. The summed E-state index contributed by atoms with van der Waals surface area (Å²) in [5, 5.41) is 42.6. The molecule has 0 saturated heterocycles. The molecule has 0 saturated carbocycles. The maximum absolute atomic E-state index is 13.5. The summed E-state index contributed by atoms with van der Waals surface area (Å²) in [4.78, 5) is 63.3. The van der Waals surface area contributed by atoms with Crippen molar-refractivity contribution in [1.82, 2.24) is 0 Å². The quantitative estimate of drug-likeness (QED) is 0.224. The lowest BCUT2D eigenvalue weighted by atomic mass is 9.93. The van der Waals surface area contributed by atoms with E-state index in [-0.39, 0.29) is 33.5 Å². The minimum atomic E-state index is -1.45.